The number of hydrogen-bond acceptors (Lipinski definition) is 3. The Morgan fingerprint density at radius 2 is 2.36 bits per heavy atom. The number of aliphatic hydroxyl groups excluding tert-OH is 1. The molecule has 2 heterocycles. The van der Waals surface area contributed by atoms with E-state index >= 15 is 0 Å². The molecule has 0 saturated carbocycles. The first-order valence-corrected chi connectivity index (χ1v) is 5.34. The summed E-state index contributed by atoms with van der Waals surface area (Å²) in [5.41, 5.74) is 0. The summed E-state index contributed by atoms with van der Waals surface area (Å²) in [6.07, 6.45) is 5.50. The number of rotatable bonds is 4. The Morgan fingerprint density at radius 1 is 1.50 bits per heavy atom. The first-order chi connectivity index (χ1) is 6.85. The Hall–Kier alpha value is -0.380. The van der Waals surface area contributed by atoms with Crippen molar-refractivity contribution in [2.24, 2.45) is 5.92 Å². The van der Waals surface area contributed by atoms with E-state index in [0.29, 0.717) is 12.7 Å². The van der Waals surface area contributed by atoms with Crippen LogP contribution in [-0.4, -0.2) is 36.6 Å². The molecule has 4 atom stereocenters. The van der Waals surface area contributed by atoms with E-state index in [0.717, 1.165) is 19.3 Å². The van der Waals surface area contributed by atoms with Gasteiger partial charge in [-0.3, -0.25) is 0 Å². The molecule has 0 radical (unpaired) electrons. The van der Waals surface area contributed by atoms with Gasteiger partial charge in [-0.2, -0.15) is 0 Å². The van der Waals surface area contributed by atoms with Crippen molar-refractivity contribution in [1.82, 2.24) is 0 Å². The lowest BCUT2D eigenvalue weighted by Crippen LogP contribution is -2.38. The van der Waals surface area contributed by atoms with Crippen LogP contribution < -0.4 is 0 Å². The lowest BCUT2D eigenvalue weighted by Gasteiger charge is -2.30. The van der Waals surface area contributed by atoms with Gasteiger partial charge in [0.1, 0.15) is 0 Å². The second kappa shape index (κ2) is 4.43. The number of hydrogen-bond donors (Lipinski definition) is 1. The maximum atomic E-state index is 9.20. The van der Waals surface area contributed by atoms with Crippen molar-refractivity contribution < 1.29 is 14.6 Å². The highest BCUT2D eigenvalue weighted by Crippen LogP contribution is 2.38. The fraction of sp³-hybridized carbons (Fsp3) is 0.818. The summed E-state index contributed by atoms with van der Waals surface area (Å²) in [5.74, 6) is 0.275. The molecule has 0 aliphatic carbocycles. The second-order valence-electron chi connectivity index (χ2n) is 4.14. The van der Waals surface area contributed by atoms with Crippen LogP contribution in [0.5, 0.6) is 0 Å². The molecule has 0 unspecified atom stereocenters. The highest BCUT2D eigenvalue weighted by molar-refractivity contribution is 4.92. The van der Waals surface area contributed by atoms with Gasteiger partial charge >= 0.3 is 0 Å². The zero-order valence-electron chi connectivity index (χ0n) is 8.39. The summed E-state index contributed by atoms with van der Waals surface area (Å²) in [4.78, 5) is 0. The maximum Gasteiger partial charge on any atom is 0.0891 e. The Balaban J connectivity index is 1.94. The SMILES string of the molecule is C=CCO[C@H]1CC[C@H]2C[C@H](CO)[C@@H]1O2. The zero-order valence-corrected chi connectivity index (χ0v) is 8.39. The molecule has 0 spiro atoms. The molecule has 0 aromatic heterocycles. The van der Waals surface area contributed by atoms with Crippen LogP contribution in [-0.2, 0) is 9.47 Å². The second-order valence-corrected chi connectivity index (χ2v) is 4.14. The van der Waals surface area contributed by atoms with Gasteiger partial charge in [0.25, 0.3) is 0 Å². The molecule has 2 bridgehead atoms. The Kier molecular flexibility index (Phi) is 3.21. The highest BCUT2D eigenvalue weighted by Gasteiger charge is 2.43. The first-order valence-electron chi connectivity index (χ1n) is 5.34. The van der Waals surface area contributed by atoms with Gasteiger partial charge in [0.2, 0.25) is 0 Å². The summed E-state index contributed by atoms with van der Waals surface area (Å²) < 4.78 is 11.4. The van der Waals surface area contributed by atoms with E-state index in [1.807, 2.05) is 0 Å². The molecular formula is C11H18O3. The maximum absolute atomic E-state index is 9.20. The van der Waals surface area contributed by atoms with Crippen LogP contribution in [0.1, 0.15) is 19.3 Å². The monoisotopic (exact) mass is 198 g/mol. The normalized spacial score (nSPS) is 41.2. The van der Waals surface area contributed by atoms with E-state index in [2.05, 4.69) is 6.58 Å². The van der Waals surface area contributed by atoms with Crippen LogP contribution >= 0.6 is 0 Å². The lowest BCUT2D eigenvalue weighted by atomic mass is 9.99. The van der Waals surface area contributed by atoms with Crippen molar-refractivity contribution in [3.63, 3.8) is 0 Å². The third kappa shape index (κ3) is 1.85. The minimum atomic E-state index is 0.110. The number of fused-ring (bicyclic) bond motifs is 2. The van der Waals surface area contributed by atoms with Gasteiger partial charge in [0.15, 0.2) is 0 Å². The van der Waals surface area contributed by atoms with Crippen molar-refractivity contribution in [3.05, 3.63) is 12.7 Å². The fourth-order valence-electron chi connectivity index (χ4n) is 2.50. The van der Waals surface area contributed by atoms with Crippen molar-refractivity contribution in [2.75, 3.05) is 13.2 Å². The van der Waals surface area contributed by atoms with Gasteiger partial charge in [-0.1, -0.05) is 6.08 Å². The van der Waals surface area contributed by atoms with E-state index in [-0.39, 0.29) is 24.7 Å². The lowest BCUT2D eigenvalue weighted by molar-refractivity contribution is -0.111. The number of ether oxygens (including phenoxy) is 2. The van der Waals surface area contributed by atoms with Crippen LogP contribution in [0.3, 0.4) is 0 Å². The summed E-state index contributed by atoms with van der Waals surface area (Å²) >= 11 is 0. The molecule has 1 N–H and O–H groups in total. The molecule has 80 valence electrons. The van der Waals surface area contributed by atoms with Crippen LogP contribution in [0, 0.1) is 5.92 Å². The van der Waals surface area contributed by atoms with Crippen molar-refractivity contribution >= 4 is 0 Å². The van der Waals surface area contributed by atoms with Gasteiger partial charge in [0, 0.05) is 12.5 Å². The van der Waals surface area contributed by atoms with Crippen molar-refractivity contribution in [3.8, 4) is 0 Å². The Morgan fingerprint density at radius 3 is 3.07 bits per heavy atom. The van der Waals surface area contributed by atoms with Crippen molar-refractivity contribution in [2.45, 2.75) is 37.6 Å². The largest absolute Gasteiger partial charge is 0.396 e. The van der Waals surface area contributed by atoms with Crippen LogP contribution in [0.25, 0.3) is 0 Å². The van der Waals surface area contributed by atoms with Crippen LogP contribution in [0.4, 0.5) is 0 Å². The predicted molar refractivity (Wildman–Crippen MR) is 53.0 cm³/mol. The molecule has 14 heavy (non-hydrogen) atoms. The first kappa shape index (κ1) is 10.1. The standard InChI is InChI=1S/C11H18O3/c1-2-5-13-10-4-3-9-6-8(7-12)11(10)14-9/h2,8-12H,1,3-7H2/t8-,9+,10+,11+/m1/s1. The van der Waals surface area contributed by atoms with Gasteiger partial charge in [-0.15, -0.1) is 6.58 Å². The smallest absolute Gasteiger partial charge is 0.0891 e. The minimum Gasteiger partial charge on any atom is -0.396 e. The van der Waals surface area contributed by atoms with Crippen LogP contribution in [0.2, 0.25) is 0 Å². The molecule has 2 aliphatic heterocycles. The molecule has 2 rings (SSSR count). The average molecular weight is 198 g/mol. The van der Waals surface area contributed by atoms with Gasteiger partial charge in [-0.05, 0) is 19.3 Å². The third-order valence-electron chi connectivity index (χ3n) is 3.18. The quantitative estimate of drug-likeness (QED) is 0.688. The summed E-state index contributed by atoms with van der Waals surface area (Å²) in [5, 5.41) is 9.20. The predicted octanol–water partition coefficient (Wildman–Crippen LogP) is 1.12. The van der Waals surface area contributed by atoms with Gasteiger partial charge < -0.3 is 14.6 Å². The molecule has 3 nitrogen and oxygen atoms in total. The molecule has 2 fully saturated rings. The molecule has 3 heteroatoms. The zero-order chi connectivity index (χ0) is 9.97. The molecule has 2 aliphatic rings. The van der Waals surface area contributed by atoms with E-state index in [1.165, 1.54) is 0 Å². The van der Waals surface area contributed by atoms with Gasteiger partial charge in [0.05, 0.1) is 24.9 Å². The molecule has 2 saturated heterocycles. The molecule has 0 amide bonds. The summed E-state index contributed by atoms with van der Waals surface area (Å²) in [6.45, 7) is 4.42. The van der Waals surface area contributed by atoms with E-state index in [4.69, 9.17) is 9.47 Å². The summed E-state index contributed by atoms with van der Waals surface area (Å²) in [7, 11) is 0. The van der Waals surface area contributed by atoms with Crippen LogP contribution in [0.15, 0.2) is 12.7 Å². The summed E-state index contributed by atoms with van der Waals surface area (Å²) in [6, 6.07) is 0. The topological polar surface area (TPSA) is 38.7 Å². The van der Waals surface area contributed by atoms with E-state index in [1.54, 1.807) is 6.08 Å². The molecule has 0 aromatic carbocycles. The average Bonchev–Trinajstić information content (AvgIpc) is 2.55. The Labute approximate surface area is 84.7 Å². The molecular weight excluding hydrogens is 180 g/mol. The van der Waals surface area contributed by atoms with E-state index < -0.39 is 0 Å². The third-order valence-corrected chi connectivity index (χ3v) is 3.18. The van der Waals surface area contributed by atoms with E-state index in [9.17, 15) is 5.11 Å². The number of aliphatic hydroxyl groups is 1. The highest BCUT2D eigenvalue weighted by atomic mass is 16.6. The fourth-order valence-corrected chi connectivity index (χ4v) is 2.50. The Bertz CT molecular complexity index is 205. The van der Waals surface area contributed by atoms with Crippen molar-refractivity contribution in [1.29, 1.82) is 0 Å². The minimum absolute atomic E-state index is 0.110. The molecule has 0 aromatic rings. The van der Waals surface area contributed by atoms with Gasteiger partial charge in [-0.25, -0.2) is 0 Å².